The Labute approximate surface area is 151 Å². The maximum atomic E-state index is 12.4. The maximum absolute atomic E-state index is 12.4. The van der Waals surface area contributed by atoms with Gasteiger partial charge in [-0.2, -0.15) is 0 Å². The quantitative estimate of drug-likeness (QED) is 0.699. The number of nitrogens with one attached hydrogen (secondary N) is 1. The maximum Gasteiger partial charge on any atom is 0.265 e. The van der Waals surface area contributed by atoms with Gasteiger partial charge in [-0.15, -0.1) is 10.2 Å². The van der Waals surface area contributed by atoms with Crippen molar-refractivity contribution in [2.75, 3.05) is 11.9 Å². The van der Waals surface area contributed by atoms with Gasteiger partial charge in [-0.25, -0.2) is 0 Å². The summed E-state index contributed by atoms with van der Waals surface area (Å²) in [6, 6.07) is 14.4. The molecule has 3 rings (SSSR count). The van der Waals surface area contributed by atoms with Crippen molar-refractivity contribution in [3.8, 4) is 23.0 Å². The summed E-state index contributed by atoms with van der Waals surface area (Å²) < 4.78 is 16.3. The van der Waals surface area contributed by atoms with E-state index in [4.69, 9.17) is 13.9 Å². The van der Waals surface area contributed by atoms with Crippen LogP contribution < -0.4 is 14.8 Å². The van der Waals surface area contributed by atoms with Crippen molar-refractivity contribution < 1.29 is 18.7 Å². The van der Waals surface area contributed by atoms with Gasteiger partial charge >= 0.3 is 0 Å². The predicted octanol–water partition coefficient (Wildman–Crippen LogP) is 3.54. The van der Waals surface area contributed by atoms with Gasteiger partial charge in [-0.05, 0) is 50.2 Å². The van der Waals surface area contributed by atoms with Crippen LogP contribution in [0.5, 0.6) is 11.5 Å². The van der Waals surface area contributed by atoms with Gasteiger partial charge in [0.2, 0.25) is 12.3 Å². The van der Waals surface area contributed by atoms with Crippen LogP contribution in [-0.2, 0) is 4.79 Å². The van der Waals surface area contributed by atoms with E-state index >= 15 is 0 Å². The summed E-state index contributed by atoms with van der Waals surface area (Å²) in [6.07, 6.45) is 0.589. The second-order valence-corrected chi connectivity index (χ2v) is 5.45. The summed E-state index contributed by atoms with van der Waals surface area (Å²) in [5, 5.41) is 10.3. The smallest absolute Gasteiger partial charge is 0.265 e. The first-order chi connectivity index (χ1) is 12.7. The van der Waals surface area contributed by atoms with Crippen molar-refractivity contribution in [2.45, 2.75) is 20.0 Å². The lowest BCUT2D eigenvalue weighted by atomic mass is 10.2. The number of rotatable bonds is 7. The Hall–Kier alpha value is -3.35. The average Bonchev–Trinajstić information content (AvgIpc) is 3.19. The van der Waals surface area contributed by atoms with Crippen molar-refractivity contribution in [1.29, 1.82) is 0 Å². The zero-order valence-electron chi connectivity index (χ0n) is 14.5. The van der Waals surface area contributed by atoms with Gasteiger partial charge in [0, 0.05) is 5.56 Å². The molecular formula is C19H19N3O4. The molecular weight excluding hydrogens is 334 g/mol. The van der Waals surface area contributed by atoms with Crippen LogP contribution >= 0.6 is 0 Å². The van der Waals surface area contributed by atoms with Gasteiger partial charge in [0.05, 0.1) is 12.3 Å². The molecule has 0 spiro atoms. The molecule has 0 aliphatic rings. The highest BCUT2D eigenvalue weighted by Gasteiger charge is 2.17. The number of aromatic nitrogens is 2. The van der Waals surface area contributed by atoms with Gasteiger partial charge in [-0.3, -0.25) is 4.79 Å². The molecule has 0 saturated heterocycles. The fourth-order valence-corrected chi connectivity index (χ4v) is 2.32. The minimum Gasteiger partial charge on any atom is -0.492 e. The van der Waals surface area contributed by atoms with Gasteiger partial charge in [0.1, 0.15) is 11.5 Å². The SMILES string of the molecule is CCOc1ccccc1NC(=O)[C@H](C)Oc1ccc(-c2nnco2)cc1. The Morgan fingerprint density at radius 3 is 2.65 bits per heavy atom. The van der Waals surface area contributed by atoms with Gasteiger partial charge < -0.3 is 19.2 Å². The van der Waals surface area contributed by atoms with E-state index in [2.05, 4.69) is 15.5 Å². The molecule has 1 amide bonds. The van der Waals surface area contributed by atoms with Crippen molar-refractivity contribution in [3.63, 3.8) is 0 Å². The van der Waals surface area contributed by atoms with E-state index in [1.54, 1.807) is 43.3 Å². The first-order valence-corrected chi connectivity index (χ1v) is 8.23. The molecule has 134 valence electrons. The normalized spacial score (nSPS) is 11.6. The van der Waals surface area contributed by atoms with Crippen LogP contribution in [0.3, 0.4) is 0 Å². The Balaban J connectivity index is 1.62. The fourth-order valence-electron chi connectivity index (χ4n) is 2.32. The summed E-state index contributed by atoms with van der Waals surface area (Å²) in [5.74, 6) is 1.35. The molecule has 0 aliphatic carbocycles. The van der Waals surface area contributed by atoms with Crippen molar-refractivity contribution in [3.05, 3.63) is 54.9 Å². The van der Waals surface area contributed by atoms with E-state index in [0.717, 1.165) is 5.56 Å². The summed E-state index contributed by atoms with van der Waals surface area (Å²) in [6.45, 7) is 4.10. The Bertz CT molecular complexity index is 847. The molecule has 2 aromatic carbocycles. The van der Waals surface area contributed by atoms with E-state index in [0.29, 0.717) is 29.7 Å². The van der Waals surface area contributed by atoms with E-state index < -0.39 is 6.10 Å². The number of amides is 1. The lowest BCUT2D eigenvalue weighted by molar-refractivity contribution is -0.122. The molecule has 0 bridgehead atoms. The van der Waals surface area contributed by atoms with Crippen LogP contribution in [0.1, 0.15) is 13.8 Å². The molecule has 1 N–H and O–H groups in total. The minimum atomic E-state index is -0.682. The molecule has 0 fully saturated rings. The molecule has 0 unspecified atom stereocenters. The number of ether oxygens (including phenoxy) is 2. The molecule has 0 saturated carbocycles. The van der Waals surface area contributed by atoms with Crippen LogP contribution in [0.15, 0.2) is 59.3 Å². The molecule has 1 heterocycles. The van der Waals surface area contributed by atoms with Gasteiger partial charge in [0.15, 0.2) is 6.10 Å². The number of carbonyl (C=O) groups excluding carboxylic acids is 1. The Kier molecular flexibility index (Phi) is 5.48. The molecule has 7 nitrogen and oxygen atoms in total. The number of anilines is 1. The van der Waals surface area contributed by atoms with Crippen molar-refractivity contribution >= 4 is 11.6 Å². The van der Waals surface area contributed by atoms with Crippen LogP contribution in [0, 0.1) is 0 Å². The average molecular weight is 353 g/mol. The van der Waals surface area contributed by atoms with Crippen LogP contribution in [-0.4, -0.2) is 28.8 Å². The first-order valence-electron chi connectivity index (χ1n) is 8.23. The van der Waals surface area contributed by atoms with Crippen molar-refractivity contribution in [1.82, 2.24) is 10.2 Å². The molecule has 3 aromatic rings. The number of para-hydroxylation sites is 2. The van der Waals surface area contributed by atoms with Crippen LogP contribution in [0.4, 0.5) is 5.69 Å². The lowest BCUT2D eigenvalue weighted by Crippen LogP contribution is -2.30. The molecule has 7 heteroatoms. The number of nitrogens with zero attached hydrogens (tertiary/aromatic N) is 2. The summed E-state index contributed by atoms with van der Waals surface area (Å²) in [7, 11) is 0. The van der Waals surface area contributed by atoms with E-state index in [1.165, 1.54) is 6.39 Å². The number of benzene rings is 2. The monoisotopic (exact) mass is 353 g/mol. The molecule has 0 radical (unpaired) electrons. The highest BCUT2D eigenvalue weighted by atomic mass is 16.5. The summed E-state index contributed by atoms with van der Waals surface area (Å²) >= 11 is 0. The van der Waals surface area contributed by atoms with Crippen LogP contribution in [0.25, 0.3) is 11.5 Å². The zero-order valence-corrected chi connectivity index (χ0v) is 14.5. The fraction of sp³-hybridized carbons (Fsp3) is 0.211. The molecule has 26 heavy (non-hydrogen) atoms. The number of hydrogen-bond acceptors (Lipinski definition) is 6. The first kappa shape index (κ1) is 17.5. The van der Waals surface area contributed by atoms with Gasteiger partial charge in [-0.1, -0.05) is 12.1 Å². The highest BCUT2D eigenvalue weighted by Crippen LogP contribution is 2.25. The summed E-state index contributed by atoms with van der Waals surface area (Å²) in [5.41, 5.74) is 1.39. The highest BCUT2D eigenvalue weighted by molar-refractivity contribution is 5.95. The topological polar surface area (TPSA) is 86.5 Å². The Morgan fingerprint density at radius 1 is 1.19 bits per heavy atom. The standard InChI is InChI=1S/C19H19N3O4/c1-3-24-17-7-5-4-6-16(17)21-18(23)13(2)26-15-10-8-14(9-11-15)19-22-20-12-25-19/h4-13H,3H2,1-2H3,(H,21,23)/t13-/m0/s1. The van der Waals surface area contributed by atoms with E-state index in [-0.39, 0.29) is 5.91 Å². The molecule has 1 aromatic heterocycles. The summed E-state index contributed by atoms with van der Waals surface area (Å²) in [4.78, 5) is 12.4. The second-order valence-electron chi connectivity index (χ2n) is 5.45. The van der Waals surface area contributed by atoms with E-state index in [1.807, 2.05) is 19.1 Å². The predicted molar refractivity (Wildman–Crippen MR) is 96.1 cm³/mol. The third-order valence-electron chi connectivity index (χ3n) is 3.59. The Morgan fingerprint density at radius 2 is 1.96 bits per heavy atom. The molecule has 0 aliphatic heterocycles. The third kappa shape index (κ3) is 4.18. The second kappa shape index (κ2) is 8.15. The van der Waals surface area contributed by atoms with Crippen LogP contribution in [0.2, 0.25) is 0 Å². The van der Waals surface area contributed by atoms with E-state index in [9.17, 15) is 4.79 Å². The number of hydrogen-bond donors (Lipinski definition) is 1. The number of carbonyl (C=O) groups is 1. The van der Waals surface area contributed by atoms with Crippen molar-refractivity contribution in [2.24, 2.45) is 0 Å². The molecule has 1 atom stereocenters. The largest absolute Gasteiger partial charge is 0.492 e. The van der Waals surface area contributed by atoms with Gasteiger partial charge in [0.25, 0.3) is 5.91 Å². The minimum absolute atomic E-state index is 0.266. The third-order valence-corrected chi connectivity index (χ3v) is 3.59. The zero-order chi connectivity index (χ0) is 18.4. The lowest BCUT2D eigenvalue weighted by Gasteiger charge is -2.16.